The van der Waals surface area contributed by atoms with Gasteiger partial charge in [0.05, 0.1) is 19.7 Å². The number of para-hydroxylation sites is 1. The molecule has 180 valence electrons. The maximum atomic E-state index is 12.3. The van der Waals surface area contributed by atoms with Gasteiger partial charge in [-0.1, -0.05) is 18.2 Å². The lowest BCUT2D eigenvalue weighted by molar-refractivity contribution is 0.0186. The van der Waals surface area contributed by atoms with Crippen molar-refractivity contribution in [1.82, 2.24) is 14.7 Å². The molecule has 2 heterocycles. The molecule has 1 aromatic rings. The first-order valence-corrected chi connectivity index (χ1v) is 11.2. The van der Waals surface area contributed by atoms with Gasteiger partial charge >= 0.3 is 6.09 Å². The summed E-state index contributed by atoms with van der Waals surface area (Å²) < 4.78 is 11.1. The quantitative estimate of drug-likeness (QED) is 0.339. The van der Waals surface area contributed by atoms with Gasteiger partial charge in [-0.15, -0.1) is 24.0 Å². The third-order valence-electron chi connectivity index (χ3n) is 5.76. The summed E-state index contributed by atoms with van der Waals surface area (Å²) in [6.07, 6.45) is 2.14. The number of amides is 1. The van der Waals surface area contributed by atoms with Crippen molar-refractivity contribution < 1.29 is 14.3 Å². The van der Waals surface area contributed by atoms with Crippen LogP contribution in [0.15, 0.2) is 29.3 Å². The fourth-order valence-corrected chi connectivity index (χ4v) is 4.13. The number of ether oxygens (including phenoxy) is 2. The van der Waals surface area contributed by atoms with Crippen LogP contribution in [0.4, 0.5) is 4.79 Å². The first-order valence-electron chi connectivity index (χ1n) is 11.2. The Bertz CT molecular complexity index is 769. The number of guanidine groups is 1. The molecule has 1 unspecified atom stereocenters. The topological polar surface area (TPSA) is 83.6 Å². The number of methoxy groups -OCH3 is 1. The summed E-state index contributed by atoms with van der Waals surface area (Å²) in [5.41, 5.74) is 7.02. The number of halogens is 1. The maximum absolute atomic E-state index is 12.3. The van der Waals surface area contributed by atoms with Crippen LogP contribution in [-0.2, 0) is 4.74 Å². The Hall–Kier alpha value is -1.75. The summed E-state index contributed by atoms with van der Waals surface area (Å²) in [5.74, 6) is 1.42. The van der Waals surface area contributed by atoms with Gasteiger partial charge in [0.15, 0.2) is 5.96 Å². The molecule has 0 saturated carbocycles. The summed E-state index contributed by atoms with van der Waals surface area (Å²) in [6.45, 7) is 10.8. The molecule has 9 heteroatoms. The number of nitrogens with zero attached hydrogens (tertiary/aromatic N) is 4. The molecule has 1 aromatic carbocycles. The highest BCUT2D eigenvalue weighted by Crippen LogP contribution is 2.32. The molecule has 2 saturated heterocycles. The predicted octanol–water partition coefficient (Wildman–Crippen LogP) is 3.32. The summed E-state index contributed by atoms with van der Waals surface area (Å²) in [7, 11) is 1.71. The van der Waals surface area contributed by atoms with E-state index >= 15 is 0 Å². The van der Waals surface area contributed by atoms with Gasteiger partial charge in [-0.3, -0.25) is 9.89 Å². The number of carbonyl (C=O) groups is 1. The highest BCUT2D eigenvalue weighted by atomic mass is 127. The molecule has 0 radical (unpaired) electrons. The molecular weight excluding hydrogens is 521 g/mol. The molecule has 2 aliphatic heterocycles. The zero-order chi connectivity index (χ0) is 22.4. The third-order valence-corrected chi connectivity index (χ3v) is 5.76. The number of carbonyl (C=O) groups excluding carboxylic acids is 1. The van der Waals surface area contributed by atoms with Crippen molar-refractivity contribution in [3.63, 3.8) is 0 Å². The van der Waals surface area contributed by atoms with E-state index < -0.39 is 5.60 Å². The van der Waals surface area contributed by atoms with Crippen LogP contribution in [0.5, 0.6) is 5.75 Å². The standard InChI is InChI=1S/C23H37N5O3.HI/c1-23(2,3)31-22(29)28-15-13-27(14-16-28)21(24)25-17-19(26-11-7-8-12-26)18-9-5-6-10-20(18)30-4;/h5-6,9-10,19H,7-8,11-17H2,1-4H3,(H2,24,25);1H. The smallest absolute Gasteiger partial charge is 0.410 e. The van der Waals surface area contributed by atoms with E-state index in [4.69, 9.17) is 20.2 Å². The van der Waals surface area contributed by atoms with E-state index in [0.29, 0.717) is 38.7 Å². The Morgan fingerprint density at radius 3 is 2.25 bits per heavy atom. The van der Waals surface area contributed by atoms with Crippen LogP contribution in [0.3, 0.4) is 0 Å². The molecule has 0 spiro atoms. The van der Waals surface area contributed by atoms with Gasteiger partial charge in [-0.25, -0.2) is 4.79 Å². The number of hydrogen-bond acceptors (Lipinski definition) is 5. The minimum absolute atomic E-state index is 0. The van der Waals surface area contributed by atoms with E-state index in [1.165, 1.54) is 12.8 Å². The highest BCUT2D eigenvalue weighted by molar-refractivity contribution is 14.0. The molecule has 2 fully saturated rings. The molecule has 1 amide bonds. The predicted molar refractivity (Wildman–Crippen MR) is 138 cm³/mol. The molecule has 0 aromatic heterocycles. The lowest BCUT2D eigenvalue weighted by Crippen LogP contribution is -2.53. The normalized spacial score (nSPS) is 18.8. The molecule has 2 N–H and O–H groups in total. The van der Waals surface area contributed by atoms with E-state index in [0.717, 1.165) is 24.4 Å². The Kier molecular flexibility index (Phi) is 9.87. The Morgan fingerprint density at radius 1 is 1.06 bits per heavy atom. The zero-order valence-corrected chi connectivity index (χ0v) is 22.1. The minimum atomic E-state index is -0.488. The van der Waals surface area contributed by atoms with Gasteiger partial charge in [0.1, 0.15) is 11.4 Å². The van der Waals surface area contributed by atoms with E-state index in [1.54, 1.807) is 12.0 Å². The number of aliphatic imine (C=N–C) groups is 1. The molecule has 2 aliphatic rings. The molecule has 32 heavy (non-hydrogen) atoms. The lowest BCUT2D eigenvalue weighted by atomic mass is 10.0. The van der Waals surface area contributed by atoms with Crippen molar-refractivity contribution in [3.05, 3.63) is 29.8 Å². The molecule has 3 rings (SSSR count). The first-order chi connectivity index (χ1) is 14.8. The summed E-state index contributed by atoms with van der Waals surface area (Å²) in [6, 6.07) is 8.30. The fraction of sp³-hybridized carbons (Fsp3) is 0.652. The monoisotopic (exact) mass is 559 g/mol. The van der Waals surface area contributed by atoms with Crippen LogP contribution >= 0.6 is 24.0 Å². The minimum Gasteiger partial charge on any atom is -0.496 e. The van der Waals surface area contributed by atoms with Gasteiger partial charge < -0.3 is 25.0 Å². The number of piperazine rings is 1. The van der Waals surface area contributed by atoms with E-state index in [-0.39, 0.29) is 36.1 Å². The van der Waals surface area contributed by atoms with Crippen molar-refractivity contribution in [1.29, 1.82) is 0 Å². The highest BCUT2D eigenvalue weighted by Gasteiger charge is 2.28. The second-order valence-corrected chi connectivity index (χ2v) is 9.15. The first kappa shape index (κ1) is 26.5. The number of rotatable bonds is 5. The van der Waals surface area contributed by atoms with E-state index in [1.807, 2.05) is 43.9 Å². The van der Waals surface area contributed by atoms with Crippen molar-refractivity contribution in [2.24, 2.45) is 10.7 Å². The van der Waals surface area contributed by atoms with Crippen molar-refractivity contribution in [2.75, 3.05) is 52.9 Å². The second-order valence-electron chi connectivity index (χ2n) is 9.15. The average molecular weight is 559 g/mol. The fourth-order valence-electron chi connectivity index (χ4n) is 4.13. The van der Waals surface area contributed by atoms with Crippen molar-refractivity contribution >= 4 is 36.0 Å². The van der Waals surface area contributed by atoms with E-state index in [2.05, 4.69) is 11.0 Å². The largest absolute Gasteiger partial charge is 0.496 e. The van der Waals surface area contributed by atoms with Gasteiger partial charge in [0, 0.05) is 31.7 Å². The van der Waals surface area contributed by atoms with Crippen LogP contribution in [0.2, 0.25) is 0 Å². The van der Waals surface area contributed by atoms with E-state index in [9.17, 15) is 4.79 Å². The number of nitrogens with two attached hydrogens (primary N) is 1. The van der Waals surface area contributed by atoms with Crippen LogP contribution in [0.1, 0.15) is 45.2 Å². The van der Waals surface area contributed by atoms with Gasteiger partial charge in [-0.2, -0.15) is 0 Å². The Morgan fingerprint density at radius 2 is 1.66 bits per heavy atom. The van der Waals surface area contributed by atoms with Gasteiger partial charge in [-0.05, 0) is 52.8 Å². The second kappa shape index (κ2) is 11.9. The SMILES string of the molecule is COc1ccccc1C(CN=C(N)N1CCN(C(=O)OC(C)(C)C)CC1)N1CCCC1.I. The lowest BCUT2D eigenvalue weighted by Gasteiger charge is -2.36. The molecule has 1 atom stereocenters. The summed E-state index contributed by atoms with van der Waals surface area (Å²) in [5, 5.41) is 0. The molecule has 0 aliphatic carbocycles. The number of hydrogen-bond donors (Lipinski definition) is 1. The van der Waals surface area contributed by atoms with Gasteiger partial charge in [0.25, 0.3) is 0 Å². The number of likely N-dealkylation sites (tertiary alicyclic amines) is 1. The van der Waals surface area contributed by atoms with Crippen LogP contribution in [0, 0.1) is 0 Å². The Labute approximate surface area is 209 Å². The average Bonchev–Trinajstić information content (AvgIpc) is 3.27. The zero-order valence-electron chi connectivity index (χ0n) is 19.7. The maximum Gasteiger partial charge on any atom is 0.410 e. The third kappa shape index (κ3) is 7.13. The van der Waals surface area contributed by atoms with Gasteiger partial charge in [0.2, 0.25) is 0 Å². The molecular formula is C23H38IN5O3. The van der Waals surface area contributed by atoms with Crippen LogP contribution in [0.25, 0.3) is 0 Å². The van der Waals surface area contributed by atoms with Crippen LogP contribution < -0.4 is 10.5 Å². The molecule has 0 bridgehead atoms. The molecule has 8 nitrogen and oxygen atoms in total. The summed E-state index contributed by atoms with van der Waals surface area (Å²) >= 11 is 0. The number of benzene rings is 1. The van der Waals surface area contributed by atoms with Crippen molar-refractivity contribution in [3.8, 4) is 5.75 Å². The summed E-state index contributed by atoms with van der Waals surface area (Å²) in [4.78, 5) is 23.3. The van der Waals surface area contributed by atoms with Crippen molar-refractivity contribution in [2.45, 2.75) is 45.3 Å². The Balaban J connectivity index is 0.00000363. The van der Waals surface area contributed by atoms with Crippen LogP contribution in [-0.4, -0.2) is 85.3 Å².